The van der Waals surface area contributed by atoms with E-state index in [0.29, 0.717) is 6.42 Å². The largest absolute Gasteiger partial charge is 0.481 e. The molecule has 0 fully saturated rings. The molecule has 0 saturated carbocycles. The Morgan fingerprint density at radius 1 is 1.56 bits per heavy atom. The minimum Gasteiger partial charge on any atom is -0.481 e. The molecule has 1 N–H and O–H groups in total. The van der Waals surface area contributed by atoms with Crippen LogP contribution in [0.4, 0.5) is 0 Å². The molecular formula is C13H13BrN2O2. The van der Waals surface area contributed by atoms with Gasteiger partial charge in [-0.2, -0.15) is 5.10 Å². The Morgan fingerprint density at radius 3 is 2.89 bits per heavy atom. The van der Waals surface area contributed by atoms with Crippen molar-refractivity contribution in [3.63, 3.8) is 0 Å². The molecule has 0 saturated heterocycles. The lowest BCUT2D eigenvalue weighted by atomic mass is 10.0. The second-order valence-corrected chi connectivity index (χ2v) is 5.03. The van der Waals surface area contributed by atoms with Gasteiger partial charge in [0, 0.05) is 16.9 Å². The maximum absolute atomic E-state index is 10.8. The van der Waals surface area contributed by atoms with Crippen LogP contribution in [0.1, 0.15) is 12.5 Å². The Hall–Kier alpha value is -1.62. The molecule has 0 radical (unpaired) electrons. The standard InChI is InChI=1S/C13H13BrN2O2/c1-9(13(17)18)7-10-3-4-12(11(14)8-10)16-6-2-5-15-16/h2-6,8-9H,7H2,1H3,(H,17,18). The van der Waals surface area contributed by atoms with Gasteiger partial charge in [-0.3, -0.25) is 4.79 Å². The average Bonchev–Trinajstić information content (AvgIpc) is 2.82. The predicted molar refractivity (Wildman–Crippen MR) is 71.8 cm³/mol. The normalized spacial score (nSPS) is 12.3. The van der Waals surface area contributed by atoms with Gasteiger partial charge >= 0.3 is 5.97 Å². The van der Waals surface area contributed by atoms with Crippen molar-refractivity contribution in [1.29, 1.82) is 0 Å². The van der Waals surface area contributed by atoms with Crippen molar-refractivity contribution in [3.8, 4) is 5.69 Å². The fourth-order valence-electron chi connectivity index (χ4n) is 1.72. The van der Waals surface area contributed by atoms with Crippen LogP contribution >= 0.6 is 15.9 Å². The molecule has 0 amide bonds. The van der Waals surface area contributed by atoms with Crippen molar-refractivity contribution in [2.24, 2.45) is 5.92 Å². The van der Waals surface area contributed by atoms with Crippen LogP contribution in [0.3, 0.4) is 0 Å². The number of carboxylic acids is 1. The molecule has 94 valence electrons. The molecule has 0 aliphatic heterocycles. The van der Waals surface area contributed by atoms with E-state index in [4.69, 9.17) is 5.11 Å². The summed E-state index contributed by atoms with van der Waals surface area (Å²) in [6.45, 7) is 1.71. The molecule has 18 heavy (non-hydrogen) atoms. The Morgan fingerprint density at radius 2 is 2.33 bits per heavy atom. The molecule has 0 aliphatic carbocycles. The van der Waals surface area contributed by atoms with Crippen molar-refractivity contribution >= 4 is 21.9 Å². The molecule has 1 aromatic carbocycles. The number of halogens is 1. The molecule has 5 heteroatoms. The van der Waals surface area contributed by atoms with Gasteiger partial charge in [0.15, 0.2) is 0 Å². The monoisotopic (exact) mass is 308 g/mol. The lowest BCUT2D eigenvalue weighted by Crippen LogP contribution is -2.12. The van der Waals surface area contributed by atoms with E-state index in [0.717, 1.165) is 15.7 Å². The first-order chi connectivity index (χ1) is 8.58. The number of hydrogen-bond donors (Lipinski definition) is 1. The zero-order valence-corrected chi connectivity index (χ0v) is 11.5. The summed E-state index contributed by atoms with van der Waals surface area (Å²) in [4.78, 5) is 10.8. The summed E-state index contributed by atoms with van der Waals surface area (Å²) in [6, 6.07) is 7.66. The van der Waals surface area contributed by atoms with E-state index < -0.39 is 5.97 Å². The first kappa shape index (κ1) is 12.8. The fraction of sp³-hybridized carbons (Fsp3) is 0.231. The van der Waals surface area contributed by atoms with Crippen LogP contribution in [-0.2, 0) is 11.2 Å². The van der Waals surface area contributed by atoms with Gasteiger partial charge in [-0.25, -0.2) is 4.68 Å². The number of aromatic nitrogens is 2. The lowest BCUT2D eigenvalue weighted by Gasteiger charge is -2.09. The molecule has 1 atom stereocenters. The highest BCUT2D eigenvalue weighted by atomic mass is 79.9. The van der Waals surface area contributed by atoms with Crippen LogP contribution in [-0.4, -0.2) is 20.9 Å². The van der Waals surface area contributed by atoms with Gasteiger partial charge in [-0.15, -0.1) is 0 Å². The number of benzene rings is 1. The van der Waals surface area contributed by atoms with Crippen LogP contribution in [0.25, 0.3) is 5.69 Å². The number of rotatable bonds is 4. The van der Waals surface area contributed by atoms with Crippen LogP contribution in [0.2, 0.25) is 0 Å². The van der Waals surface area contributed by atoms with E-state index in [-0.39, 0.29) is 5.92 Å². The van der Waals surface area contributed by atoms with Gasteiger partial charge < -0.3 is 5.11 Å². The molecule has 4 nitrogen and oxygen atoms in total. The van der Waals surface area contributed by atoms with Crippen molar-refractivity contribution in [2.75, 3.05) is 0 Å². The van der Waals surface area contributed by atoms with Gasteiger partial charge in [0.2, 0.25) is 0 Å². The Labute approximate surface area is 113 Å². The lowest BCUT2D eigenvalue weighted by molar-refractivity contribution is -0.141. The van der Waals surface area contributed by atoms with Crippen molar-refractivity contribution in [2.45, 2.75) is 13.3 Å². The van der Waals surface area contributed by atoms with Crippen LogP contribution in [0.15, 0.2) is 41.1 Å². The number of aliphatic carboxylic acids is 1. The summed E-state index contributed by atoms with van der Waals surface area (Å²) >= 11 is 3.49. The SMILES string of the molecule is CC(Cc1ccc(-n2cccn2)c(Br)c1)C(=O)O. The third kappa shape index (κ3) is 2.79. The number of carbonyl (C=O) groups is 1. The molecule has 2 rings (SSSR count). The Bertz CT molecular complexity index is 552. The molecule has 1 heterocycles. The van der Waals surface area contributed by atoms with E-state index in [1.54, 1.807) is 17.8 Å². The van der Waals surface area contributed by atoms with Crippen molar-refractivity contribution < 1.29 is 9.90 Å². The quantitative estimate of drug-likeness (QED) is 0.945. The number of carboxylic acid groups (broad SMARTS) is 1. The van der Waals surface area contributed by atoms with Gasteiger partial charge in [-0.05, 0) is 46.1 Å². The van der Waals surface area contributed by atoms with Crippen LogP contribution in [0, 0.1) is 5.92 Å². The summed E-state index contributed by atoms with van der Waals surface area (Å²) in [6.07, 6.45) is 4.10. The minimum absolute atomic E-state index is 0.382. The molecule has 0 spiro atoms. The highest BCUT2D eigenvalue weighted by Crippen LogP contribution is 2.23. The smallest absolute Gasteiger partial charge is 0.306 e. The summed E-state index contributed by atoms with van der Waals surface area (Å²) in [5, 5.41) is 13.1. The first-order valence-corrected chi connectivity index (χ1v) is 6.38. The maximum atomic E-state index is 10.8. The highest BCUT2D eigenvalue weighted by molar-refractivity contribution is 9.10. The molecular weight excluding hydrogens is 296 g/mol. The third-order valence-corrected chi connectivity index (χ3v) is 3.36. The zero-order chi connectivity index (χ0) is 13.1. The molecule has 1 unspecified atom stereocenters. The Balaban J connectivity index is 2.23. The van der Waals surface area contributed by atoms with Crippen LogP contribution in [0.5, 0.6) is 0 Å². The van der Waals surface area contributed by atoms with E-state index in [1.807, 2.05) is 30.5 Å². The predicted octanol–water partition coefficient (Wildman–Crippen LogP) is 2.90. The average molecular weight is 309 g/mol. The van der Waals surface area contributed by atoms with Crippen molar-refractivity contribution in [3.05, 3.63) is 46.7 Å². The summed E-state index contributed by atoms with van der Waals surface area (Å²) < 4.78 is 2.66. The number of hydrogen-bond acceptors (Lipinski definition) is 2. The highest BCUT2D eigenvalue weighted by Gasteiger charge is 2.12. The zero-order valence-electron chi connectivity index (χ0n) is 9.88. The van der Waals surface area contributed by atoms with Gasteiger partial charge in [-0.1, -0.05) is 13.0 Å². The van der Waals surface area contributed by atoms with Gasteiger partial charge in [0.05, 0.1) is 11.6 Å². The van der Waals surface area contributed by atoms with E-state index in [2.05, 4.69) is 21.0 Å². The molecule has 1 aromatic heterocycles. The fourth-order valence-corrected chi connectivity index (χ4v) is 2.32. The Kier molecular flexibility index (Phi) is 3.81. The molecule has 0 aliphatic rings. The molecule has 2 aromatic rings. The van der Waals surface area contributed by atoms with E-state index in [9.17, 15) is 4.79 Å². The second-order valence-electron chi connectivity index (χ2n) is 4.18. The topological polar surface area (TPSA) is 55.1 Å². The second kappa shape index (κ2) is 5.35. The minimum atomic E-state index is -0.776. The summed E-state index contributed by atoms with van der Waals surface area (Å²) in [5.74, 6) is -1.16. The molecule has 0 bridgehead atoms. The summed E-state index contributed by atoms with van der Waals surface area (Å²) in [5.41, 5.74) is 1.93. The summed E-state index contributed by atoms with van der Waals surface area (Å²) in [7, 11) is 0. The van der Waals surface area contributed by atoms with E-state index in [1.165, 1.54) is 0 Å². The maximum Gasteiger partial charge on any atom is 0.306 e. The third-order valence-electron chi connectivity index (χ3n) is 2.73. The van der Waals surface area contributed by atoms with Crippen LogP contribution < -0.4 is 0 Å². The van der Waals surface area contributed by atoms with Gasteiger partial charge in [0.25, 0.3) is 0 Å². The van der Waals surface area contributed by atoms with E-state index >= 15 is 0 Å². The first-order valence-electron chi connectivity index (χ1n) is 5.59. The van der Waals surface area contributed by atoms with Gasteiger partial charge in [0.1, 0.15) is 0 Å². The van der Waals surface area contributed by atoms with Crippen molar-refractivity contribution in [1.82, 2.24) is 9.78 Å². The number of nitrogens with zero attached hydrogens (tertiary/aromatic N) is 2.